The van der Waals surface area contributed by atoms with E-state index in [1.165, 1.54) is 6.42 Å². The van der Waals surface area contributed by atoms with Crippen LogP contribution in [-0.2, 0) is 0 Å². The molecule has 21 heavy (non-hydrogen) atoms. The Kier molecular flexibility index (Phi) is 6.31. The van der Waals surface area contributed by atoms with Gasteiger partial charge in [0.05, 0.1) is 0 Å². The Labute approximate surface area is 132 Å². The van der Waals surface area contributed by atoms with Crippen molar-refractivity contribution in [2.24, 2.45) is 16.7 Å². The van der Waals surface area contributed by atoms with E-state index in [4.69, 9.17) is 4.74 Å². The molecular weight excluding hydrogens is 256 g/mol. The molecule has 120 valence electrons. The lowest BCUT2D eigenvalue weighted by Gasteiger charge is -2.39. The Bertz CT molecular complexity index is 405. The van der Waals surface area contributed by atoms with Gasteiger partial charge in [-0.2, -0.15) is 0 Å². The van der Waals surface area contributed by atoms with Crippen molar-refractivity contribution in [3.63, 3.8) is 0 Å². The summed E-state index contributed by atoms with van der Waals surface area (Å²) in [6.45, 7) is 16.3. The van der Waals surface area contributed by atoms with Crippen LogP contribution in [0.15, 0.2) is 30.3 Å². The fraction of sp³-hybridized carbons (Fsp3) is 0.700. The first-order valence-electron chi connectivity index (χ1n) is 8.44. The summed E-state index contributed by atoms with van der Waals surface area (Å²) in [6.07, 6.45) is 3.70. The maximum atomic E-state index is 6.38. The van der Waals surface area contributed by atoms with Gasteiger partial charge >= 0.3 is 0 Å². The number of ether oxygens (including phenoxy) is 1. The summed E-state index contributed by atoms with van der Waals surface area (Å²) >= 11 is 0. The van der Waals surface area contributed by atoms with Crippen molar-refractivity contribution in [3.8, 4) is 5.75 Å². The molecule has 2 atom stereocenters. The van der Waals surface area contributed by atoms with Crippen LogP contribution in [0.2, 0.25) is 0 Å². The summed E-state index contributed by atoms with van der Waals surface area (Å²) in [5, 5.41) is 0. The van der Waals surface area contributed by atoms with Crippen molar-refractivity contribution in [3.05, 3.63) is 30.3 Å². The van der Waals surface area contributed by atoms with Crippen molar-refractivity contribution in [2.75, 3.05) is 0 Å². The minimum absolute atomic E-state index is 0.188. The first kappa shape index (κ1) is 18.1. The van der Waals surface area contributed by atoms with E-state index in [2.05, 4.69) is 60.6 Å². The van der Waals surface area contributed by atoms with Gasteiger partial charge in [0, 0.05) is 5.41 Å². The molecule has 0 spiro atoms. The second-order valence-electron chi connectivity index (χ2n) is 7.74. The van der Waals surface area contributed by atoms with Crippen LogP contribution in [0.5, 0.6) is 5.75 Å². The molecular formula is C20H34O. The number of hydrogen-bond acceptors (Lipinski definition) is 1. The average Bonchev–Trinajstić information content (AvgIpc) is 2.47. The summed E-state index contributed by atoms with van der Waals surface area (Å²) in [4.78, 5) is 0. The van der Waals surface area contributed by atoms with Gasteiger partial charge < -0.3 is 4.74 Å². The van der Waals surface area contributed by atoms with Gasteiger partial charge in [-0.25, -0.2) is 0 Å². The molecule has 0 aliphatic carbocycles. The number of hydrogen-bond donors (Lipinski definition) is 0. The first-order chi connectivity index (χ1) is 9.73. The zero-order valence-corrected chi connectivity index (χ0v) is 15.1. The molecule has 0 radical (unpaired) electrons. The highest BCUT2D eigenvalue weighted by molar-refractivity contribution is 5.21. The smallest absolute Gasteiger partial charge is 0.119 e. The second-order valence-corrected chi connectivity index (χ2v) is 7.74. The Morgan fingerprint density at radius 3 is 1.90 bits per heavy atom. The van der Waals surface area contributed by atoms with Crippen LogP contribution in [-0.4, -0.2) is 6.10 Å². The topological polar surface area (TPSA) is 9.23 Å². The summed E-state index contributed by atoms with van der Waals surface area (Å²) in [5.74, 6) is 1.63. The summed E-state index contributed by atoms with van der Waals surface area (Å²) in [7, 11) is 0. The van der Waals surface area contributed by atoms with Gasteiger partial charge in [0.2, 0.25) is 0 Å². The van der Waals surface area contributed by atoms with E-state index in [0.717, 1.165) is 18.6 Å². The predicted octanol–water partition coefficient (Wildman–Crippen LogP) is 6.33. The average molecular weight is 290 g/mol. The van der Waals surface area contributed by atoms with E-state index >= 15 is 0 Å². The van der Waals surface area contributed by atoms with Gasteiger partial charge in [-0.1, -0.05) is 73.1 Å². The van der Waals surface area contributed by atoms with Gasteiger partial charge in [-0.15, -0.1) is 0 Å². The molecule has 0 amide bonds. The first-order valence-corrected chi connectivity index (χ1v) is 8.44. The highest BCUT2D eigenvalue weighted by Crippen LogP contribution is 2.39. The van der Waals surface area contributed by atoms with Gasteiger partial charge in [-0.3, -0.25) is 0 Å². The Morgan fingerprint density at radius 2 is 1.43 bits per heavy atom. The van der Waals surface area contributed by atoms with Gasteiger partial charge in [0.15, 0.2) is 0 Å². The molecule has 1 heteroatoms. The van der Waals surface area contributed by atoms with Crippen LogP contribution >= 0.6 is 0 Å². The van der Waals surface area contributed by atoms with E-state index in [1.807, 2.05) is 18.2 Å². The minimum atomic E-state index is 0.188. The quantitative estimate of drug-likeness (QED) is 0.543. The maximum absolute atomic E-state index is 6.38. The van der Waals surface area contributed by atoms with Crippen LogP contribution in [0.4, 0.5) is 0 Å². The molecule has 0 heterocycles. The van der Waals surface area contributed by atoms with Crippen LogP contribution in [0.3, 0.4) is 0 Å². The van der Waals surface area contributed by atoms with E-state index in [1.54, 1.807) is 0 Å². The third-order valence-electron chi connectivity index (χ3n) is 5.62. The van der Waals surface area contributed by atoms with Crippen molar-refractivity contribution < 1.29 is 4.74 Å². The highest BCUT2D eigenvalue weighted by Gasteiger charge is 2.34. The molecule has 1 nitrogen and oxygen atoms in total. The molecule has 0 bridgehead atoms. The molecule has 0 fully saturated rings. The van der Waals surface area contributed by atoms with Crippen LogP contribution in [0.1, 0.15) is 67.7 Å². The third kappa shape index (κ3) is 5.05. The Hall–Kier alpha value is -0.980. The zero-order chi connectivity index (χ0) is 16.1. The normalized spacial score (nSPS) is 15.6. The van der Waals surface area contributed by atoms with Gasteiger partial charge in [0.25, 0.3) is 0 Å². The second kappa shape index (κ2) is 7.33. The molecule has 0 aliphatic rings. The van der Waals surface area contributed by atoms with E-state index in [9.17, 15) is 0 Å². The van der Waals surface area contributed by atoms with Crippen molar-refractivity contribution in [1.29, 1.82) is 0 Å². The molecule has 1 aromatic rings. The van der Waals surface area contributed by atoms with Gasteiger partial charge in [0.1, 0.15) is 11.9 Å². The van der Waals surface area contributed by atoms with E-state index < -0.39 is 0 Å². The summed E-state index contributed by atoms with van der Waals surface area (Å²) in [5.41, 5.74) is 0.552. The molecule has 0 saturated carbocycles. The molecule has 2 unspecified atom stereocenters. The number of benzene rings is 1. The third-order valence-corrected chi connectivity index (χ3v) is 5.62. The molecule has 0 aromatic heterocycles. The summed E-state index contributed by atoms with van der Waals surface area (Å²) in [6, 6.07) is 10.3. The summed E-state index contributed by atoms with van der Waals surface area (Å²) < 4.78 is 6.38. The maximum Gasteiger partial charge on any atom is 0.119 e. The van der Waals surface area contributed by atoms with E-state index in [0.29, 0.717) is 11.3 Å². The highest BCUT2D eigenvalue weighted by atomic mass is 16.5. The standard InChI is InChI=1S/C20H34O/c1-8-19(4,5)16(3)15-18(20(6,7)9-2)21-17-13-11-10-12-14-17/h10-14,16,18H,8-9,15H2,1-7H3. The van der Waals surface area contributed by atoms with Gasteiger partial charge in [-0.05, 0) is 36.3 Å². The fourth-order valence-electron chi connectivity index (χ4n) is 2.41. The zero-order valence-electron chi connectivity index (χ0n) is 15.1. The van der Waals surface area contributed by atoms with Crippen molar-refractivity contribution in [1.82, 2.24) is 0 Å². The molecule has 0 aliphatic heterocycles. The van der Waals surface area contributed by atoms with Crippen LogP contribution < -0.4 is 4.74 Å². The largest absolute Gasteiger partial charge is 0.490 e. The van der Waals surface area contributed by atoms with Crippen LogP contribution in [0, 0.1) is 16.7 Å². The molecule has 0 N–H and O–H groups in total. The minimum Gasteiger partial charge on any atom is -0.490 e. The molecule has 1 aromatic carbocycles. The van der Waals surface area contributed by atoms with E-state index in [-0.39, 0.29) is 11.5 Å². The predicted molar refractivity (Wildman–Crippen MR) is 92.8 cm³/mol. The van der Waals surface area contributed by atoms with Crippen LogP contribution in [0.25, 0.3) is 0 Å². The fourth-order valence-corrected chi connectivity index (χ4v) is 2.41. The lowest BCUT2D eigenvalue weighted by Crippen LogP contribution is -2.38. The Morgan fingerprint density at radius 1 is 0.905 bits per heavy atom. The molecule has 1 rings (SSSR count). The lowest BCUT2D eigenvalue weighted by atomic mass is 9.71. The molecule has 0 saturated heterocycles. The Balaban J connectivity index is 2.89. The number of para-hydroxylation sites is 1. The monoisotopic (exact) mass is 290 g/mol. The van der Waals surface area contributed by atoms with Crippen molar-refractivity contribution in [2.45, 2.75) is 73.8 Å². The lowest BCUT2D eigenvalue weighted by molar-refractivity contribution is 0.0300. The number of rotatable bonds is 8. The van der Waals surface area contributed by atoms with Crippen molar-refractivity contribution >= 4 is 0 Å². The SMILES string of the molecule is CCC(C)(C)C(C)CC(Oc1ccccc1)C(C)(C)CC.